The summed E-state index contributed by atoms with van der Waals surface area (Å²) >= 11 is 7.52. The molecule has 1 fully saturated rings. The predicted octanol–water partition coefficient (Wildman–Crippen LogP) is 2.75. The number of rotatable bonds is 4. The zero-order valence-corrected chi connectivity index (χ0v) is 15.5. The van der Waals surface area contributed by atoms with E-state index in [2.05, 4.69) is 9.88 Å². The maximum Gasteiger partial charge on any atom is 0.244 e. The molecule has 130 valence electrons. The summed E-state index contributed by atoms with van der Waals surface area (Å²) in [6.07, 6.45) is 0. The SMILES string of the molecule is Cc1nc(CN2CCN(S(=O)(=O)c3ccc(F)cc3Cl)CC2)cs1. The molecule has 0 amide bonds. The molecule has 0 unspecified atom stereocenters. The highest BCUT2D eigenvalue weighted by molar-refractivity contribution is 7.89. The zero-order chi connectivity index (χ0) is 17.3. The Bertz CT molecular complexity index is 833. The number of benzene rings is 1. The highest BCUT2D eigenvalue weighted by atomic mass is 35.5. The summed E-state index contributed by atoms with van der Waals surface area (Å²) in [6.45, 7) is 4.67. The molecule has 0 radical (unpaired) electrons. The molecule has 1 aromatic heterocycles. The molecule has 0 aliphatic carbocycles. The number of hydrogen-bond donors (Lipinski definition) is 0. The number of sulfonamides is 1. The largest absolute Gasteiger partial charge is 0.295 e. The molecule has 1 aliphatic rings. The summed E-state index contributed by atoms with van der Waals surface area (Å²) in [5.41, 5.74) is 1.01. The topological polar surface area (TPSA) is 53.5 Å². The monoisotopic (exact) mass is 389 g/mol. The fourth-order valence-electron chi connectivity index (χ4n) is 2.66. The van der Waals surface area contributed by atoms with Crippen LogP contribution in [0.3, 0.4) is 0 Å². The van der Waals surface area contributed by atoms with E-state index in [0.29, 0.717) is 26.2 Å². The summed E-state index contributed by atoms with van der Waals surface area (Å²) in [6, 6.07) is 3.35. The third-order valence-corrected chi connectivity index (χ3v) is 7.10. The molecule has 2 aromatic rings. The Hall–Kier alpha value is -1.06. The molecular weight excluding hydrogens is 373 g/mol. The lowest BCUT2D eigenvalue weighted by Gasteiger charge is -2.33. The normalized spacial score (nSPS) is 17.3. The van der Waals surface area contributed by atoms with Gasteiger partial charge in [0.15, 0.2) is 0 Å². The van der Waals surface area contributed by atoms with Crippen LogP contribution in [0.5, 0.6) is 0 Å². The van der Waals surface area contributed by atoms with Crippen LogP contribution in [-0.4, -0.2) is 48.8 Å². The van der Waals surface area contributed by atoms with Gasteiger partial charge >= 0.3 is 0 Å². The Morgan fingerprint density at radius 3 is 2.58 bits per heavy atom. The standard InChI is InChI=1S/C15H17ClFN3O2S2/c1-11-18-13(10-23-11)9-19-4-6-20(7-5-19)24(21,22)15-3-2-12(17)8-14(15)16/h2-3,8,10H,4-7,9H2,1H3. The summed E-state index contributed by atoms with van der Waals surface area (Å²) < 4.78 is 39.9. The molecule has 0 atom stereocenters. The van der Waals surface area contributed by atoms with Gasteiger partial charge in [-0.2, -0.15) is 4.31 Å². The summed E-state index contributed by atoms with van der Waals surface area (Å²) in [7, 11) is -3.71. The van der Waals surface area contributed by atoms with Gasteiger partial charge in [0.05, 0.1) is 15.7 Å². The lowest BCUT2D eigenvalue weighted by atomic mass is 10.3. The molecule has 1 aromatic carbocycles. The molecule has 0 saturated carbocycles. The van der Waals surface area contributed by atoms with Crippen LogP contribution in [0.1, 0.15) is 10.7 Å². The highest BCUT2D eigenvalue weighted by Crippen LogP contribution is 2.26. The van der Waals surface area contributed by atoms with Crippen LogP contribution in [0.15, 0.2) is 28.5 Å². The second-order valence-corrected chi connectivity index (χ2v) is 8.99. The lowest BCUT2D eigenvalue weighted by Crippen LogP contribution is -2.48. The van der Waals surface area contributed by atoms with Crippen molar-refractivity contribution in [3.63, 3.8) is 0 Å². The molecule has 5 nitrogen and oxygen atoms in total. The molecule has 1 saturated heterocycles. The number of piperazine rings is 1. The lowest BCUT2D eigenvalue weighted by molar-refractivity contribution is 0.180. The Balaban J connectivity index is 1.67. The quantitative estimate of drug-likeness (QED) is 0.806. The predicted molar refractivity (Wildman–Crippen MR) is 92.3 cm³/mol. The van der Waals surface area contributed by atoms with Crippen LogP contribution < -0.4 is 0 Å². The Morgan fingerprint density at radius 1 is 1.29 bits per heavy atom. The second kappa shape index (κ2) is 7.05. The van der Waals surface area contributed by atoms with Crippen molar-refractivity contribution in [2.24, 2.45) is 0 Å². The third kappa shape index (κ3) is 3.78. The molecule has 2 heterocycles. The van der Waals surface area contributed by atoms with E-state index in [4.69, 9.17) is 11.6 Å². The van der Waals surface area contributed by atoms with Crippen molar-refractivity contribution in [3.8, 4) is 0 Å². The average molecular weight is 390 g/mol. The minimum absolute atomic E-state index is 0.0471. The summed E-state index contributed by atoms with van der Waals surface area (Å²) in [5.74, 6) is -0.553. The van der Waals surface area contributed by atoms with Crippen molar-refractivity contribution in [2.75, 3.05) is 26.2 Å². The zero-order valence-electron chi connectivity index (χ0n) is 13.1. The van der Waals surface area contributed by atoms with Crippen LogP contribution in [-0.2, 0) is 16.6 Å². The number of aromatic nitrogens is 1. The van der Waals surface area contributed by atoms with Crippen molar-refractivity contribution in [1.82, 2.24) is 14.2 Å². The van der Waals surface area contributed by atoms with Crippen molar-refractivity contribution < 1.29 is 12.8 Å². The van der Waals surface area contributed by atoms with E-state index in [1.54, 1.807) is 11.3 Å². The van der Waals surface area contributed by atoms with E-state index < -0.39 is 15.8 Å². The summed E-state index contributed by atoms with van der Waals surface area (Å²) in [5, 5.41) is 2.96. The minimum Gasteiger partial charge on any atom is -0.295 e. The van der Waals surface area contributed by atoms with E-state index in [0.717, 1.165) is 29.4 Å². The first-order chi connectivity index (χ1) is 11.4. The van der Waals surface area contributed by atoms with Crippen LogP contribution in [0.2, 0.25) is 5.02 Å². The van der Waals surface area contributed by atoms with Crippen LogP contribution >= 0.6 is 22.9 Å². The Labute approximate surface area is 149 Å². The number of hydrogen-bond acceptors (Lipinski definition) is 5. The fraction of sp³-hybridized carbons (Fsp3) is 0.400. The second-order valence-electron chi connectivity index (χ2n) is 5.61. The van der Waals surface area contributed by atoms with E-state index in [1.807, 2.05) is 12.3 Å². The van der Waals surface area contributed by atoms with Crippen LogP contribution in [0, 0.1) is 12.7 Å². The van der Waals surface area contributed by atoms with Gasteiger partial charge in [0.2, 0.25) is 10.0 Å². The van der Waals surface area contributed by atoms with Crippen molar-refractivity contribution in [1.29, 1.82) is 0 Å². The van der Waals surface area contributed by atoms with Crippen molar-refractivity contribution in [3.05, 3.63) is 45.1 Å². The van der Waals surface area contributed by atoms with Gasteiger partial charge in [0.1, 0.15) is 10.7 Å². The maximum absolute atomic E-state index is 13.1. The highest BCUT2D eigenvalue weighted by Gasteiger charge is 2.30. The molecule has 0 N–H and O–H groups in total. The van der Waals surface area contributed by atoms with Gasteiger partial charge in [0.25, 0.3) is 0 Å². The van der Waals surface area contributed by atoms with Gasteiger partial charge in [-0.05, 0) is 25.1 Å². The number of aryl methyl sites for hydroxylation is 1. The van der Waals surface area contributed by atoms with Crippen LogP contribution in [0.25, 0.3) is 0 Å². The number of nitrogens with zero attached hydrogens (tertiary/aromatic N) is 3. The molecule has 24 heavy (non-hydrogen) atoms. The van der Waals surface area contributed by atoms with Crippen molar-refractivity contribution in [2.45, 2.75) is 18.4 Å². The van der Waals surface area contributed by atoms with E-state index in [9.17, 15) is 12.8 Å². The average Bonchev–Trinajstić information content (AvgIpc) is 2.92. The first-order valence-corrected chi connectivity index (χ1v) is 10.1. The van der Waals surface area contributed by atoms with E-state index >= 15 is 0 Å². The minimum atomic E-state index is -3.71. The number of halogens is 2. The Morgan fingerprint density at radius 2 is 2.00 bits per heavy atom. The maximum atomic E-state index is 13.1. The molecule has 1 aliphatic heterocycles. The first-order valence-electron chi connectivity index (χ1n) is 7.45. The first kappa shape index (κ1) is 17.8. The molecule has 9 heteroatoms. The fourth-order valence-corrected chi connectivity index (χ4v) is 5.19. The molecule has 3 rings (SSSR count). The van der Waals surface area contributed by atoms with Gasteiger partial charge in [0, 0.05) is 38.1 Å². The van der Waals surface area contributed by atoms with Crippen LogP contribution in [0.4, 0.5) is 4.39 Å². The third-order valence-electron chi connectivity index (χ3n) is 3.90. The molecular formula is C15H17ClFN3O2S2. The van der Waals surface area contributed by atoms with Gasteiger partial charge < -0.3 is 0 Å². The van der Waals surface area contributed by atoms with Gasteiger partial charge in [-0.3, -0.25) is 4.90 Å². The Kier molecular flexibility index (Phi) is 5.22. The van der Waals surface area contributed by atoms with Crippen molar-refractivity contribution >= 4 is 33.0 Å². The molecule has 0 spiro atoms. The van der Waals surface area contributed by atoms with Gasteiger partial charge in [-0.15, -0.1) is 11.3 Å². The number of thiazole rings is 1. The summed E-state index contributed by atoms with van der Waals surface area (Å²) in [4.78, 5) is 6.56. The smallest absolute Gasteiger partial charge is 0.244 e. The van der Waals surface area contributed by atoms with E-state index in [1.165, 1.54) is 10.4 Å². The van der Waals surface area contributed by atoms with Gasteiger partial charge in [-0.25, -0.2) is 17.8 Å². The molecule has 0 bridgehead atoms. The van der Waals surface area contributed by atoms with Gasteiger partial charge in [-0.1, -0.05) is 11.6 Å². The van der Waals surface area contributed by atoms with E-state index in [-0.39, 0.29) is 9.92 Å².